The highest BCUT2D eigenvalue weighted by Crippen LogP contribution is 2.39. The first-order valence-corrected chi connectivity index (χ1v) is 4.51. The van der Waals surface area contributed by atoms with Crippen molar-refractivity contribution in [3.63, 3.8) is 0 Å². The van der Waals surface area contributed by atoms with Gasteiger partial charge in [-0.15, -0.1) is 0 Å². The minimum Gasteiger partial charge on any atom is -0.327 e. The van der Waals surface area contributed by atoms with Crippen LogP contribution in [0.4, 0.5) is 0 Å². The van der Waals surface area contributed by atoms with Crippen molar-refractivity contribution in [3.05, 3.63) is 0 Å². The van der Waals surface area contributed by atoms with Crippen molar-refractivity contribution >= 4 is 0 Å². The summed E-state index contributed by atoms with van der Waals surface area (Å²) in [6.45, 7) is 7.62. The third kappa shape index (κ3) is 2.17. The lowest BCUT2D eigenvalue weighted by atomic mass is 9.67. The summed E-state index contributed by atoms with van der Waals surface area (Å²) in [6, 6.07) is 0.986. The Morgan fingerprint density at radius 1 is 1.64 bits per heavy atom. The molecular weight excluding hydrogens is 136 g/mol. The highest BCUT2D eigenvalue weighted by atomic mass is 15.0. The van der Waals surface area contributed by atoms with Crippen LogP contribution in [0, 0.1) is 5.41 Å². The highest BCUT2D eigenvalue weighted by molar-refractivity contribution is 4.94. The molecule has 0 aliphatic heterocycles. The molecule has 0 amide bonds. The predicted molar refractivity (Wildman–Crippen MR) is 48.5 cm³/mol. The van der Waals surface area contributed by atoms with Crippen LogP contribution < -0.4 is 11.1 Å². The number of rotatable bonds is 3. The zero-order chi connectivity index (χ0) is 8.48. The molecule has 0 bridgehead atoms. The van der Waals surface area contributed by atoms with Crippen molar-refractivity contribution in [2.45, 2.75) is 45.7 Å². The van der Waals surface area contributed by atoms with Crippen LogP contribution in [-0.2, 0) is 0 Å². The molecule has 1 saturated carbocycles. The molecule has 0 aromatic carbocycles. The lowest BCUT2D eigenvalue weighted by molar-refractivity contribution is 0.108. The van der Waals surface area contributed by atoms with Crippen molar-refractivity contribution in [1.29, 1.82) is 0 Å². The summed E-state index contributed by atoms with van der Waals surface area (Å²) in [4.78, 5) is 0. The zero-order valence-electron chi connectivity index (χ0n) is 7.85. The average molecular weight is 156 g/mol. The van der Waals surface area contributed by atoms with Crippen molar-refractivity contribution in [3.8, 4) is 0 Å². The van der Waals surface area contributed by atoms with Gasteiger partial charge in [-0.3, -0.25) is 0 Å². The van der Waals surface area contributed by atoms with Crippen molar-refractivity contribution in [2.24, 2.45) is 11.1 Å². The molecule has 3 N–H and O–H groups in total. The average Bonchev–Trinajstić information content (AvgIpc) is 1.85. The first-order chi connectivity index (χ1) is 5.02. The van der Waals surface area contributed by atoms with E-state index in [0.29, 0.717) is 11.5 Å². The van der Waals surface area contributed by atoms with Crippen LogP contribution in [-0.4, -0.2) is 18.6 Å². The lowest BCUT2D eigenvalue weighted by Crippen LogP contribution is -2.52. The summed E-state index contributed by atoms with van der Waals surface area (Å²) in [5.41, 5.74) is 6.15. The summed E-state index contributed by atoms with van der Waals surface area (Å²) >= 11 is 0. The molecule has 1 rings (SSSR count). The molecule has 1 unspecified atom stereocenters. The lowest BCUT2D eigenvalue weighted by Gasteiger charge is -2.45. The van der Waals surface area contributed by atoms with Gasteiger partial charge in [0.15, 0.2) is 0 Å². The molecule has 0 heterocycles. The van der Waals surface area contributed by atoms with Crippen LogP contribution in [0.25, 0.3) is 0 Å². The van der Waals surface area contributed by atoms with Crippen molar-refractivity contribution in [2.75, 3.05) is 6.54 Å². The maximum atomic E-state index is 5.65. The van der Waals surface area contributed by atoms with Gasteiger partial charge in [0.2, 0.25) is 0 Å². The van der Waals surface area contributed by atoms with Crippen LogP contribution in [0.5, 0.6) is 0 Å². The quantitative estimate of drug-likeness (QED) is 0.642. The molecular formula is C9H20N2. The van der Waals surface area contributed by atoms with E-state index >= 15 is 0 Å². The number of hydrogen-bond acceptors (Lipinski definition) is 2. The molecule has 2 nitrogen and oxygen atoms in total. The summed E-state index contributed by atoms with van der Waals surface area (Å²) in [7, 11) is 0. The van der Waals surface area contributed by atoms with E-state index in [1.165, 1.54) is 12.8 Å². The van der Waals surface area contributed by atoms with Crippen LogP contribution in [0.1, 0.15) is 33.6 Å². The zero-order valence-corrected chi connectivity index (χ0v) is 7.85. The monoisotopic (exact) mass is 156 g/mol. The Labute approximate surface area is 69.5 Å². The molecule has 1 aliphatic carbocycles. The van der Waals surface area contributed by atoms with Crippen LogP contribution in [0.15, 0.2) is 0 Å². The molecule has 11 heavy (non-hydrogen) atoms. The summed E-state index contributed by atoms with van der Waals surface area (Å²) < 4.78 is 0. The van der Waals surface area contributed by atoms with Crippen LogP contribution in [0.2, 0.25) is 0 Å². The third-order valence-corrected chi connectivity index (χ3v) is 2.71. The van der Waals surface area contributed by atoms with Crippen LogP contribution in [0.3, 0.4) is 0 Å². The van der Waals surface area contributed by atoms with Gasteiger partial charge in [-0.25, -0.2) is 0 Å². The Kier molecular flexibility index (Phi) is 2.55. The molecule has 1 aliphatic rings. The molecule has 66 valence electrons. The van der Waals surface area contributed by atoms with E-state index in [1.807, 2.05) is 6.92 Å². The Morgan fingerprint density at radius 2 is 2.27 bits per heavy atom. The van der Waals surface area contributed by atoms with Gasteiger partial charge in [-0.05, 0) is 25.2 Å². The Balaban J connectivity index is 2.18. The van der Waals surface area contributed by atoms with E-state index in [1.54, 1.807) is 0 Å². The second-order valence-electron chi connectivity index (χ2n) is 4.47. The van der Waals surface area contributed by atoms with Gasteiger partial charge in [-0.1, -0.05) is 13.8 Å². The second-order valence-corrected chi connectivity index (χ2v) is 4.47. The normalized spacial score (nSPS) is 31.1. The first-order valence-electron chi connectivity index (χ1n) is 4.51. The standard InChI is InChI=1S/C9H20N2/c1-7(10)6-11-8-4-5-9(8,2)3/h7-8,11H,4-6,10H2,1-3H3/t7-,8?/m1/s1. The number of hydrogen-bond donors (Lipinski definition) is 2. The van der Waals surface area contributed by atoms with E-state index < -0.39 is 0 Å². The molecule has 1 fully saturated rings. The smallest absolute Gasteiger partial charge is 0.0136 e. The van der Waals surface area contributed by atoms with Crippen molar-refractivity contribution in [1.82, 2.24) is 5.32 Å². The summed E-state index contributed by atoms with van der Waals surface area (Å²) in [6.07, 6.45) is 2.67. The van der Waals surface area contributed by atoms with E-state index in [-0.39, 0.29) is 6.04 Å². The summed E-state index contributed by atoms with van der Waals surface area (Å²) in [5.74, 6) is 0. The van der Waals surface area contributed by atoms with Crippen LogP contribution >= 0.6 is 0 Å². The minimum atomic E-state index is 0.284. The second kappa shape index (κ2) is 3.11. The van der Waals surface area contributed by atoms with E-state index in [4.69, 9.17) is 5.73 Å². The van der Waals surface area contributed by atoms with Gasteiger partial charge in [0.1, 0.15) is 0 Å². The van der Waals surface area contributed by atoms with Gasteiger partial charge < -0.3 is 11.1 Å². The van der Waals surface area contributed by atoms with Crippen molar-refractivity contribution < 1.29 is 0 Å². The Morgan fingerprint density at radius 3 is 2.55 bits per heavy atom. The van der Waals surface area contributed by atoms with E-state index in [0.717, 1.165) is 6.54 Å². The van der Waals surface area contributed by atoms with Gasteiger partial charge in [0, 0.05) is 18.6 Å². The van der Waals surface area contributed by atoms with Gasteiger partial charge in [0.25, 0.3) is 0 Å². The maximum absolute atomic E-state index is 5.65. The van der Waals surface area contributed by atoms with Gasteiger partial charge in [-0.2, -0.15) is 0 Å². The molecule has 0 saturated heterocycles. The summed E-state index contributed by atoms with van der Waals surface area (Å²) in [5, 5.41) is 3.48. The first kappa shape index (κ1) is 9.01. The molecule has 0 aromatic heterocycles. The topological polar surface area (TPSA) is 38.0 Å². The number of nitrogens with one attached hydrogen (secondary N) is 1. The molecule has 2 atom stereocenters. The third-order valence-electron chi connectivity index (χ3n) is 2.71. The molecule has 0 aromatic rings. The molecule has 2 heteroatoms. The predicted octanol–water partition coefficient (Wildman–Crippen LogP) is 1.11. The maximum Gasteiger partial charge on any atom is 0.0136 e. The van der Waals surface area contributed by atoms with E-state index in [9.17, 15) is 0 Å². The fourth-order valence-electron chi connectivity index (χ4n) is 1.57. The number of nitrogens with two attached hydrogens (primary N) is 1. The van der Waals surface area contributed by atoms with E-state index in [2.05, 4.69) is 19.2 Å². The largest absolute Gasteiger partial charge is 0.327 e. The Hall–Kier alpha value is -0.0800. The fraction of sp³-hybridized carbons (Fsp3) is 1.00. The van der Waals surface area contributed by atoms with Gasteiger partial charge in [0.05, 0.1) is 0 Å². The Bertz CT molecular complexity index is 130. The molecule has 0 spiro atoms. The molecule has 0 radical (unpaired) electrons. The van der Waals surface area contributed by atoms with Gasteiger partial charge >= 0.3 is 0 Å². The fourth-order valence-corrected chi connectivity index (χ4v) is 1.57. The minimum absolute atomic E-state index is 0.284. The SMILES string of the molecule is C[C@@H](N)CNC1CCC1(C)C. The highest BCUT2D eigenvalue weighted by Gasteiger charge is 2.37.